The van der Waals surface area contributed by atoms with Crippen LogP contribution in [-0.2, 0) is 4.79 Å². The maximum Gasteiger partial charge on any atom is 0.315 e. The highest BCUT2D eigenvalue weighted by molar-refractivity contribution is 9.11. The van der Waals surface area contributed by atoms with Crippen molar-refractivity contribution in [1.82, 2.24) is 5.43 Å². The van der Waals surface area contributed by atoms with Gasteiger partial charge < -0.3 is 14.6 Å². The summed E-state index contributed by atoms with van der Waals surface area (Å²) in [6.07, 6.45) is 1.18. The van der Waals surface area contributed by atoms with E-state index < -0.39 is 22.3 Å². The number of nitro groups is 1. The standard InChI is InChI=1S/C16H12Br3N3O6/c1-27-13-3-8(2-12(15(13)24)22(25)26)6-20-21-14(23)7-28-16-10(18)4-9(17)5-11(16)19/h2-6,24H,7H2,1H3,(H,21,23)/b20-6-. The maximum atomic E-state index is 11.9. The highest BCUT2D eigenvalue weighted by Crippen LogP contribution is 2.37. The van der Waals surface area contributed by atoms with Gasteiger partial charge in [-0.1, -0.05) is 15.9 Å². The zero-order chi connectivity index (χ0) is 20.8. The minimum atomic E-state index is -0.754. The van der Waals surface area contributed by atoms with E-state index in [0.717, 1.165) is 10.5 Å². The van der Waals surface area contributed by atoms with Gasteiger partial charge in [0.05, 0.1) is 27.2 Å². The lowest BCUT2D eigenvalue weighted by Crippen LogP contribution is -2.24. The molecule has 0 fully saturated rings. The molecular weight excluding hydrogens is 570 g/mol. The molecule has 148 valence electrons. The summed E-state index contributed by atoms with van der Waals surface area (Å²) in [5.74, 6) is -0.776. The summed E-state index contributed by atoms with van der Waals surface area (Å²) in [6, 6.07) is 5.97. The fourth-order valence-corrected chi connectivity index (χ4v) is 4.49. The molecule has 2 aromatic rings. The van der Waals surface area contributed by atoms with E-state index in [-0.39, 0.29) is 17.9 Å². The van der Waals surface area contributed by atoms with Crippen LogP contribution in [0.15, 0.2) is 42.8 Å². The summed E-state index contributed by atoms with van der Waals surface area (Å²) in [4.78, 5) is 22.1. The summed E-state index contributed by atoms with van der Waals surface area (Å²) in [6.45, 7) is -0.310. The van der Waals surface area contributed by atoms with E-state index in [0.29, 0.717) is 14.7 Å². The van der Waals surface area contributed by atoms with Gasteiger partial charge in [0.2, 0.25) is 5.75 Å². The Bertz CT molecular complexity index is 928. The Morgan fingerprint density at radius 2 is 1.93 bits per heavy atom. The van der Waals surface area contributed by atoms with E-state index >= 15 is 0 Å². The Hall–Kier alpha value is -2.18. The number of benzene rings is 2. The number of carbonyl (C=O) groups is 1. The first kappa shape index (κ1) is 22.1. The van der Waals surface area contributed by atoms with Crippen molar-refractivity contribution < 1.29 is 24.3 Å². The van der Waals surface area contributed by atoms with Crippen molar-refractivity contribution in [3.05, 3.63) is 53.4 Å². The molecule has 0 bridgehead atoms. The number of nitrogens with zero attached hydrogens (tertiary/aromatic N) is 2. The van der Waals surface area contributed by atoms with Crippen LogP contribution in [0.3, 0.4) is 0 Å². The Morgan fingerprint density at radius 3 is 2.50 bits per heavy atom. The number of halogens is 3. The second kappa shape index (κ2) is 9.85. The molecule has 0 aromatic heterocycles. The van der Waals surface area contributed by atoms with Crippen LogP contribution in [0, 0.1) is 10.1 Å². The molecule has 2 aromatic carbocycles. The average molecular weight is 582 g/mol. The molecule has 0 aliphatic heterocycles. The zero-order valence-corrected chi connectivity index (χ0v) is 18.9. The molecule has 2 rings (SSSR count). The van der Waals surface area contributed by atoms with Crippen LogP contribution in [0.5, 0.6) is 17.2 Å². The minimum Gasteiger partial charge on any atom is -0.500 e. The SMILES string of the molecule is COc1cc(/C=N\NC(=O)COc2c(Br)cc(Br)cc2Br)cc([N+](=O)[O-])c1O. The van der Waals surface area contributed by atoms with Crippen molar-refractivity contribution in [3.8, 4) is 17.2 Å². The summed E-state index contributed by atoms with van der Waals surface area (Å²) in [7, 11) is 1.26. The Balaban J connectivity index is 2.02. The minimum absolute atomic E-state index is 0.0877. The molecule has 2 N–H and O–H groups in total. The van der Waals surface area contributed by atoms with Gasteiger partial charge in [-0.25, -0.2) is 5.43 Å². The first-order valence-electron chi connectivity index (χ1n) is 7.37. The summed E-state index contributed by atoms with van der Waals surface area (Å²) in [5.41, 5.74) is 1.95. The van der Waals surface area contributed by atoms with Gasteiger partial charge in [0.15, 0.2) is 12.4 Å². The zero-order valence-electron chi connectivity index (χ0n) is 14.1. The van der Waals surface area contributed by atoms with Crippen LogP contribution in [0.1, 0.15) is 5.56 Å². The number of rotatable bonds is 7. The molecule has 0 heterocycles. The molecular formula is C16H12Br3N3O6. The second-order valence-electron chi connectivity index (χ2n) is 5.13. The van der Waals surface area contributed by atoms with E-state index in [1.807, 2.05) is 0 Å². The molecule has 28 heavy (non-hydrogen) atoms. The Labute approximate surface area is 184 Å². The lowest BCUT2D eigenvalue weighted by atomic mass is 10.2. The number of nitro benzene ring substituents is 1. The van der Waals surface area contributed by atoms with E-state index in [1.54, 1.807) is 12.1 Å². The van der Waals surface area contributed by atoms with Gasteiger partial charge in [0.1, 0.15) is 5.75 Å². The number of carbonyl (C=O) groups excluding carboxylic acids is 1. The van der Waals surface area contributed by atoms with Crippen molar-refractivity contribution in [1.29, 1.82) is 0 Å². The monoisotopic (exact) mass is 579 g/mol. The molecule has 0 radical (unpaired) electrons. The first-order chi connectivity index (χ1) is 13.2. The van der Waals surface area contributed by atoms with Crippen LogP contribution in [0.2, 0.25) is 0 Å². The average Bonchev–Trinajstić information content (AvgIpc) is 2.61. The summed E-state index contributed by atoms with van der Waals surface area (Å²) in [5, 5.41) is 24.4. The third kappa shape index (κ3) is 5.66. The molecule has 12 heteroatoms. The highest BCUT2D eigenvalue weighted by atomic mass is 79.9. The number of phenolic OH excluding ortho intramolecular Hbond substituents is 1. The van der Waals surface area contributed by atoms with E-state index in [4.69, 9.17) is 9.47 Å². The molecule has 0 saturated carbocycles. The largest absolute Gasteiger partial charge is 0.500 e. The van der Waals surface area contributed by atoms with Crippen LogP contribution < -0.4 is 14.9 Å². The van der Waals surface area contributed by atoms with E-state index in [2.05, 4.69) is 58.3 Å². The molecule has 0 spiro atoms. The van der Waals surface area contributed by atoms with Gasteiger partial charge in [0, 0.05) is 16.1 Å². The topological polar surface area (TPSA) is 123 Å². The van der Waals surface area contributed by atoms with Gasteiger partial charge in [-0.15, -0.1) is 0 Å². The smallest absolute Gasteiger partial charge is 0.315 e. The van der Waals surface area contributed by atoms with Crippen molar-refractivity contribution in [2.45, 2.75) is 0 Å². The van der Waals surface area contributed by atoms with Crippen molar-refractivity contribution in [2.24, 2.45) is 5.10 Å². The predicted molar refractivity (Wildman–Crippen MR) is 112 cm³/mol. The molecule has 0 atom stereocenters. The predicted octanol–water partition coefficient (Wildman–Crippen LogP) is 4.13. The molecule has 0 unspecified atom stereocenters. The van der Waals surface area contributed by atoms with Gasteiger partial charge in [-0.2, -0.15) is 5.10 Å². The number of hydrogen-bond donors (Lipinski definition) is 2. The lowest BCUT2D eigenvalue weighted by Gasteiger charge is -2.10. The van der Waals surface area contributed by atoms with Gasteiger partial charge in [-0.3, -0.25) is 14.9 Å². The molecule has 9 nitrogen and oxygen atoms in total. The number of hydrazone groups is 1. The van der Waals surface area contributed by atoms with Crippen LogP contribution in [-0.4, -0.2) is 35.9 Å². The highest BCUT2D eigenvalue weighted by Gasteiger charge is 2.19. The third-order valence-electron chi connectivity index (χ3n) is 3.21. The first-order valence-corrected chi connectivity index (χ1v) is 9.75. The number of phenols is 1. The van der Waals surface area contributed by atoms with Crippen LogP contribution in [0.4, 0.5) is 5.69 Å². The molecule has 0 aliphatic rings. The number of hydrogen-bond acceptors (Lipinski definition) is 7. The second-order valence-corrected chi connectivity index (χ2v) is 7.75. The van der Waals surface area contributed by atoms with E-state index in [1.165, 1.54) is 19.4 Å². The summed E-state index contributed by atoms with van der Waals surface area (Å²) < 4.78 is 12.5. The number of nitrogens with one attached hydrogen (secondary N) is 1. The lowest BCUT2D eigenvalue weighted by molar-refractivity contribution is -0.386. The Morgan fingerprint density at radius 1 is 1.29 bits per heavy atom. The fraction of sp³-hybridized carbons (Fsp3) is 0.125. The van der Waals surface area contributed by atoms with Crippen LogP contribution >= 0.6 is 47.8 Å². The normalized spacial score (nSPS) is 10.7. The molecule has 1 amide bonds. The summed E-state index contributed by atoms with van der Waals surface area (Å²) >= 11 is 10.0. The van der Waals surface area contributed by atoms with Crippen LogP contribution in [0.25, 0.3) is 0 Å². The maximum absolute atomic E-state index is 11.9. The quantitative estimate of drug-likeness (QED) is 0.288. The molecule has 0 saturated heterocycles. The van der Waals surface area contributed by atoms with Gasteiger partial charge in [-0.05, 0) is 50.1 Å². The van der Waals surface area contributed by atoms with E-state index in [9.17, 15) is 20.0 Å². The third-order valence-corrected chi connectivity index (χ3v) is 4.84. The van der Waals surface area contributed by atoms with Crippen molar-refractivity contribution in [2.75, 3.05) is 13.7 Å². The number of aromatic hydroxyl groups is 1. The number of methoxy groups -OCH3 is 1. The van der Waals surface area contributed by atoms with Gasteiger partial charge >= 0.3 is 5.69 Å². The fourth-order valence-electron chi connectivity index (χ4n) is 2.00. The number of ether oxygens (including phenoxy) is 2. The van der Waals surface area contributed by atoms with Gasteiger partial charge in [0.25, 0.3) is 5.91 Å². The molecule has 0 aliphatic carbocycles. The van der Waals surface area contributed by atoms with Crippen molar-refractivity contribution >= 4 is 65.6 Å². The van der Waals surface area contributed by atoms with Crippen molar-refractivity contribution in [3.63, 3.8) is 0 Å². The Kier molecular flexibility index (Phi) is 7.78. The number of amides is 1.